The van der Waals surface area contributed by atoms with Crippen LogP contribution in [0.5, 0.6) is 11.5 Å². The summed E-state index contributed by atoms with van der Waals surface area (Å²) in [6, 6.07) is 22.2. The number of carbonyl (C=O) groups excluding carboxylic acids is 1. The molecule has 12 nitrogen and oxygen atoms in total. The molecule has 0 radical (unpaired) electrons. The zero-order valence-electron chi connectivity index (χ0n) is 28.5. The average molecular weight is 699 g/mol. The second kappa shape index (κ2) is 16.9. The van der Waals surface area contributed by atoms with Gasteiger partial charge in [-0.1, -0.05) is 55.0 Å². The number of aliphatic hydroxyl groups is 1. The number of aliphatic carboxylic acids is 1. The van der Waals surface area contributed by atoms with Crippen molar-refractivity contribution in [2.24, 2.45) is 5.92 Å². The molecule has 0 saturated carbocycles. The quantitative estimate of drug-likeness (QED) is 0.0888. The van der Waals surface area contributed by atoms with Crippen LogP contribution in [0.15, 0.2) is 83.7 Å². The van der Waals surface area contributed by atoms with E-state index in [9.17, 15) is 29.7 Å². The van der Waals surface area contributed by atoms with Crippen LogP contribution >= 0.6 is 0 Å². The third-order valence-corrected chi connectivity index (χ3v) is 9.92. The molecule has 3 saturated heterocycles. The molecular formula is C39H46N4O8. The van der Waals surface area contributed by atoms with E-state index in [-0.39, 0.29) is 29.5 Å². The smallest absolute Gasteiger partial charge is 0.408 e. The van der Waals surface area contributed by atoms with Gasteiger partial charge in [0.1, 0.15) is 17.6 Å². The fourth-order valence-corrected chi connectivity index (χ4v) is 7.16. The van der Waals surface area contributed by atoms with Crippen LogP contribution in [-0.2, 0) is 9.53 Å². The molecule has 3 aromatic carbocycles. The number of carbonyl (C=O) groups is 2. The van der Waals surface area contributed by atoms with Gasteiger partial charge in [0, 0.05) is 24.5 Å². The lowest BCUT2D eigenvalue weighted by Crippen LogP contribution is -2.52. The topological polar surface area (TPSA) is 173 Å². The number of benzene rings is 3. The van der Waals surface area contributed by atoms with Crippen LogP contribution in [0.3, 0.4) is 0 Å². The van der Waals surface area contributed by atoms with Crippen molar-refractivity contribution in [3.05, 3.63) is 106 Å². The molecule has 7 rings (SSSR count). The van der Waals surface area contributed by atoms with Gasteiger partial charge in [-0.05, 0) is 98.6 Å². The first kappa shape index (κ1) is 35.9. The van der Waals surface area contributed by atoms with Crippen molar-refractivity contribution in [2.45, 2.75) is 62.9 Å². The number of ether oxygens (including phenoxy) is 2. The Bertz CT molecular complexity index is 1840. The Labute approximate surface area is 296 Å². The lowest BCUT2D eigenvalue weighted by molar-refractivity contribution is -0.145. The molecule has 270 valence electrons. The van der Waals surface area contributed by atoms with Gasteiger partial charge in [0.05, 0.1) is 17.7 Å². The van der Waals surface area contributed by atoms with E-state index in [1.165, 1.54) is 12.1 Å². The maximum absolute atomic E-state index is 13.2. The molecule has 3 fully saturated rings. The number of carboxylic acids is 1. The molecule has 1 aromatic heterocycles. The number of phenols is 1. The van der Waals surface area contributed by atoms with Crippen LogP contribution in [0.2, 0.25) is 0 Å². The number of nitrogens with one attached hydrogen (secondary N) is 3. The van der Waals surface area contributed by atoms with Crippen LogP contribution in [0.4, 0.5) is 4.79 Å². The van der Waals surface area contributed by atoms with E-state index in [2.05, 4.69) is 20.5 Å². The first-order chi connectivity index (χ1) is 24.7. The predicted molar refractivity (Wildman–Crippen MR) is 192 cm³/mol. The van der Waals surface area contributed by atoms with Crippen molar-refractivity contribution in [2.75, 3.05) is 32.7 Å². The average Bonchev–Trinajstić information content (AvgIpc) is 3.14. The summed E-state index contributed by atoms with van der Waals surface area (Å²) in [6.45, 7) is 3.75. The number of unbranched alkanes of at least 4 members (excludes halogenated alkanes) is 2. The number of aromatic hydroxyl groups is 1. The SMILES string of the molecule is O=C(NC(c1ccccc1)c1cccc(OC(CCCCCNC[C@H](O)c2ccc(O)c3[nH]c(=O)ccc23)C(=O)O)c1)O[C@H]1CN2CCC1CC2. The molecule has 4 atom stereocenters. The summed E-state index contributed by atoms with van der Waals surface area (Å²) in [5.41, 5.74) is 2.15. The van der Waals surface area contributed by atoms with Crippen molar-refractivity contribution in [1.29, 1.82) is 0 Å². The number of piperidine rings is 3. The second-order valence-electron chi connectivity index (χ2n) is 13.4. The third-order valence-electron chi connectivity index (χ3n) is 9.92. The lowest BCUT2D eigenvalue weighted by atomic mass is 9.86. The Morgan fingerprint density at radius 2 is 1.73 bits per heavy atom. The predicted octanol–water partition coefficient (Wildman–Crippen LogP) is 4.86. The summed E-state index contributed by atoms with van der Waals surface area (Å²) >= 11 is 0. The monoisotopic (exact) mass is 698 g/mol. The highest BCUT2D eigenvalue weighted by Crippen LogP contribution is 2.31. The summed E-state index contributed by atoms with van der Waals surface area (Å²) in [5, 5.41) is 37.6. The number of pyridine rings is 1. The Balaban J connectivity index is 0.991. The van der Waals surface area contributed by atoms with Crippen LogP contribution in [0, 0.1) is 5.92 Å². The number of H-pyrrole nitrogens is 1. The molecule has 3 aliphatic rings. The van der Waals surface area contributed by atoms with E-state index in [1.54, 1.807) is 30.3 Å². The largest absolute Gasteiger partial charge is 0.506 e. The van der Waals surface area contributed by atoms with E-state index < -0.39 is 30.3 Å². The van der Waals surface area contributed by atoms with Crippen molar-refractivity contribution < 1.29 is 34.4 Å². The van der Waals surface area contributed by atoms with Crippen molar-refractivity contribution >= 4 is 23.0 Å². The minimum atomic E-state index is -1.05. The highest BCUT2D eigenvalue weighted by molar-refractivity contribution is 5.87. The first-order valence-electron chi connectivity index (χ1n) is 17.7. The molecule has 0 spiro atoms. The van der Waals surface area contributed by atoms with Gasteiger partial charge in [0.25, 0.3) is 0 Å². The second-order valence-corrected chi connectivity index (χ2v) is 13.4. The molecule has 51 heavy (non-hydrogen) atoms. The number of nitrogens with zero attached hydrogens (tertiary/aromatic N) is 1. The molecule has 12 heteroatoms. The van der Waals surface area contributed by atoms with Gasteiger partial charge in [0.15, 0.2) is 6.10 Å². The molecule has 4 aromatic rings. The highest BCUT2D eigenvalue weighted by Gasteiger charge is 2.37. The van der Waals surface area contributed by atoms with Crippen LogP contribution in [0.1, 0.15) is 67.4 Å². The summed E-state index contributed by atoms with van der Waals surface area (Å²) < 4.78 is 11.9. The Hall–Kier alpha value is -4.91. The van der Waals surface area contributed by atoms with Gasteiger partial charge in [-0.15, -0.1) is 0 Å². The number of aromatic nitrogens is 1. The first-order valence-corrected chi connectivity index (χ1v) is 17.7. The number of aliphatic hydroxyl groups excluding tert-OH is 1. The minimum absolute atomic E-state index is 0.0620. The van der Waals surface area contributed by atoms with E-state index in [0.29, 0.717) is 42.0 Å². The number of fused-ring (bicyclic) bond motifs is 4. The molecule has 2 bridgehead atoms. The van der Waals surface area contributed by atoms with Gasteiger partial charge in [-0.3, -0.25) is 9.69 Å². The molecule has 4 heterocycles. The number of carboxylic acid groups (broad SMARTS) is 1. The number of alkyl carbamates (subject to hydrolysis) is 1. The van der Waals surface area contributed by atoms with Gasteiger partial charge < -0.3 is 40.4 Å². The zero-order chi connectivity index (χ0) is 35.7. The van der Waals surface area contributed by atoms with Gasteiger partial charge in [0.2, 0.25) is 5.56 Å². The van der Waals surface area contributed by atoms with Crippen molar-refractivity contribution in [1.82, 2.24) is 20.5 Å². The van der Waals surface area contributed by atoms with E-state index in [4.69, 9.17) is 9.47 Å². The van der Waals surface area contributed by atoms with Crippen molar-refractivity contribution in [3.63, 3.8) is 0 Å². The van der Waals surface area contributed by atoms with Gasteiger partial charge in [-0.2, -0.15) is 0 Å². The molecule has 6 N–H and O–H groups in total. The lowest BCUT2D eigenvalue weighted by Gasteiger charge is -2.43. The molecule has 1 amide bonds. The number of amides is 1. The summed E-state index contributed by atoms with van der Waals surface area (Å²) in [5.74, 6) is -0.330. The summed E-state index contributed by atoms with van der Waals surface area (Å²) in [7, 11) is 0. The van der Waals surface area contributed by atoms with Gasteiger partial charge >= 0.3 is 12.1 Å². The van der Waals surface area contributed by atoms with Gasteiger partial charge in [-0.25, -0.2) is 9.59 Å². The fourth-order valence-electron chi connectivity index (χ4n) is 7.16. The minimum Gasteiger partial charge on any atom is -0.506 e. The standard InChI is InChI=1S/C39H46N4O8/c44-31-15-13-29(30-14-16-35(46)41-37(30)31)32(45)23-40-19-6-2-5-12-33(38(47)48)50-28-11-7-10-27(22-28)36(26-8-3-1-4-9-26)42-39(49)51-34-24-43-20-17-25(34)18-21-43/h1,3-4,7-11,13-16,22,25,32-34,36,40,44-45H,2,5-6,12,17-21,23-24H2,(H,41,46)(H,42,49)(H,47,48)/t32-,33?,34-,36?/m0/s1. The fraction of sp³-hybridized carbons (Fsp3) is 0.410. The molecular weight excluding hydrogens is 652 g/mol. The number of hydrogen-bond acceptors (Lipinski definition) is 9. The number of aromatic amines is 1. The van der Waals surface area contributed by atoms with Crippen LogP contribution < -0.4 is 20.9 Å². The summed E-state index contributed by atoms with van der Waals surface area (Å²) in [4.78, 5) is 42.0. The molecule has 2 unspecified atom stereocenters. The van der Waals surface area contributed by atoms with Crippen molar-refractivity contribution in [3.8, 4) is 11.5 Å². The number of rotatable bonds is 16. The number of hydrogen-bond donors (Lipinski definition) is 6. The Kier molecular flexibility index (Phi) is 11.9. The maximum Gasteiger partial charge on any atom is 0.408 e. The third kappa shape index (κ3) is 9.26. The Morgan fingerprint density at radius 3 is 2.47 bits per heavy atom. The highest BCUT2D eigenvalue weighted by atomic mass is 16.6. The summed E-state index contributed by atoms with van der Waals surface area (Å²) in [6.07, 6.45) is 2.02. The molecule has 0 aliphatic carbocycles. The van der Waals surface area contributed by atoms with Crippen LogP contribution in [-0.4, -0.2) is 82.2 Å². The zero-order valence-corrected chi connectivity index (χ0v) is 28.5. The van der Waals surface area contributed by atoms with Crippen LogP contribution in [0.25, 0.3) is 10.9 Å². The Morgan fingerprint density at radius 1 is 0.941 bits per heavy atom. The normalized spacial score (nSPS) is 20.0. The number of phenolic OH excluding ortho intramolecular Hbond substituents is 1. The van der Waals surface area contributed by atoms with E-state index >= 15 is 0 Å². The molecule has 3 aliphatic heterocycles. The maximum atomic E-state index is 13.2. The van der Waals surface area contributed by atoms with E-state index in [1.807, 2.05) is 36.4 Å². The van der Waals surface area contributed by atoms with E-state index in [0.717, 1.165) is 56.4 Å².